The first kappa shape index (κ1) is 17.8. The highest BCUT2D eigenvalue weighted by Crippen LogP contribution is 2.32. The molecule has 1 heterocycles. The van der Waals surface area contributed by atoms with Gasteiger partial charge in [-0.2, -0.15) is 0 Å². The molecule has 1 fully saturated rings. The van der Waals surface area contributed by atoms with E-state index in [4.69, 9.17) is 18.9 Å². The van der Waals surface area contributed by atoms with E-state index in [1.54, 1.807) is 13.2 Å². The van der Waals surface area contributed by atoms with E-state index < -0.39 is 47.8 Å². The molecule has 0 saturated carbocycles. The predicted molar refractivity (Wildman–Crippen MR) is 74.5 cm³/mol. The SMILES string of the molecule is CS[C@H]1OC(C)[C@@H](OC(C)=O)C(OC(C)=O)C1OC(C)=O. The molecule has 0 amide bonds. The van der Waals surface area contributed by atoms with E-state index in [0.717, 1.165) is 0 Å². The zero-order valence-corrected chi connectivity index (χ0v) is 13.5. The Kier molecular flexibility index (Phi) is 6.47. The molecule has 5 atom stereocenters. The topological polar surface area (TPSA) is 88.1 Å². The van der Waals surface area contributed by atoms with Gasteiger partial charge in [0.1, 0.15) is 5.44 Å². The highest BCUT2D eigenvalue weighted by atomic mass is 32.2. The van der Waals surface area contributed by atoms with E-state index in [1.165, 1.54) is 32.5 Å². The maximum atomic E-state index is 11.3. The van der Waals surface area contributed by atoms with Crippen molar-refractivity contribution in [1.29, 1.82) is 0 Å². The molecule has 0 aromatic heterocycles. The van der Waals surface area contributed by atoms with Crippen LogP contribution in [0.1, 0.15) is 27.7 Å². The Balaban J connectivity index is 3.08. The van der Waals surface area contributed by atoms with Crippen molar-refractivity contribution in [3.63, 3.8) is 0 Å². The van der Waals surface area contributed by atoms with Crippen LogP contribution >= 0.6 is 11.8 Å². The minimum absolute atomic E-state index is 0.498. The van der Waals surface area contributed by atoms with Gasteiger partial charge >= 0.3 is 17.9 Å². The van der Waals surface area contributed by atoms with Crippen molar-refractivity contribution in [3.8, 4) is 0 Å². The monoisotopic (exact) mass is 320 g/mol. The van der Waals surface area contributed by atoms with Crippen molar-refractivity contribution in [2.75, 3.05) is 6.26 Å². The molecule has 0 aromatic rings. The predicted octanol–water partition coefficient (Wildman–Crippen LogP) is 0.889. The Bertz CT molecular complexity index is 411. The number of esters is 3. The first-order valence-corrected chi connectivity index (χ1v) is 7.75. The second-order valence-electron chi connectivity index (χ2n) is 4.67. The summed E-state index contributed by atoms with van der Waals surface area (Å²) in [5.74, 6) is -1.61. The molecule has 0 N–H and O–H groups in total. The molecule has 0 radical (unpaired) electrons. The Morgan fingerprint density at radius 2 is 1.29 bits per heavy atom. The van der Waals surface area contributed by atoms with Crippen LogP contribution in [0, 0.1) is 0 Å². The molecule has 1 saturated heterocycles. The molecule has 3 unspecified atom stereocenters. The third kappa shape index (κ3) is 4.89. The van der Waals surface area contributed by atoms with Gasteiger partial charge in [-0.05, 0) is 13.2 Å². The maximum absolute atomic E-state index is 11.3. The van der Waals surface area contributed by atoms with E-state index in [-0.39, 0.29) is 0 Å². The fourth-order valence-corrected chi connectivity index (χ4v) is 2.92. The van der Waals surface area contributed by atoms with Crippen molar-refractivity contribution in [1.82, 2.24) is 0 Å². The quantitative estimate of drug-likeness (QED) is 0.557. The van der Waals surface area contributed by atoms with Crippen LogP contribution in [-0.2, 0) is 33.3 Å². The summed E-state index contributed by atoms with van der Waals surface area (Å²) in [5, 5.41) is 0. The zero-order valence-electron chi connectivity index (χ0n) is 12.7. The molecule has 1 aliphatic heterocycles. The largest absolute Gasteiger partial charge is 0.456 e. The Morgan fingerprint density at radius 1 is 0.857 bits per heavy atom. The summed E-state index contributed by atoms with van der Waals surface area (Å²) in [6, 6.07) is 0. The molecular weight excluding hydrogens is 300 g/mol. The van der Waals surface area contributed by atoms with Crippen LogP contribution < -0.4 is 0 Å². The van der Waals surface area contributed by atoms with Crippen LogP contribution in [0.15, 0.2) is 0 Å². The molecule has 7 nitrogen and oxygen atoms in total. The summed E-state index contributed by atoms with van der Waals surface area (Å²) >= 11 is 1.32. The van der Waals surface area contributed by atoms with Crippen LogP contribution in [0.3, 0.4) is 0 Å². The van der Waals surface area contributed by atoms with Gasteiger partial charge in [0.25, 0.3) is 0 Å². The highest BCUT2D eigenvalue weighted by molar-refractivity contribution is 7.99. The minimum atomic E-state index is -0.906. The van der Waals surface area contributed by atoms with Gasteiger partial charge in [-0.3, -0.25) is 14.4 Å². The van der Waals surface area contributed by atoms with Crippen molar-refractivity contribution < 1.29 is 33.3 Å². The van der Waals surface area contributed by atoms with Crippen molar-refractivity contribution in [2.24, 2.45) is 0 Å². The Labute approximate surface area is 127 Å². The van der Waals surface area contributed by atoms with E-state index in [2.05, 4.69) is 0 Å². The number of carbonyl (C=O) groups excluding carboxylic acids is 3. The number of rotatable bonds is 4. The van der Waals surface area contributed by atoms with E-state index in [0.29, 0.717) is 0 Å². The average molecular weight is 320 g/mol. The van der Waals surface area contributed by atoms with Gasteiger partial charge in [-0.25, -0.2) is 0 Å². The molecule has 0 bridgehead atoms. The molecule has 0 aromatic carbocycles. The molecule has 21 heavy (non-hydrogen) atoms. The molecule has 8 heteroatoms. The van der Waals surface area contributed by atoms with Gasteiger partial charge in [0.15, 0.2) is 18.3 Å². The second kappa shape index (κ2) is 7.65. The number of carbonyl (C=O) groups is 3. The van der Waals surface area contributed by atoms with Crippen LogP contribution in [-0.4, -0.2) is 54.0 Å². The van der Waals surface area contributed by atoms with Crippen molar-refractivity contribution in [2.45, 2.75) is 57.5 Å². The van der Waals surface area contributed by atoms with Crippen molar-refractivity contribution in [3.05, 3.63) is 0 Å². The summed E-state index contributed by atoms with van der Waals surface area (Å²) in [6.07, 6.45) is -1.30. The van der Waals surface area contributed by atoms with Crippen LogP contribution in [0.4, 0.5) is 0 Å². The lowest BCUT2D eigenvalue weighted by atomic mass is 10.00. The summed E-state index contributed by atoms with van der Waals surface area (Å²) in [6.45, 7) is 5.45. The summed E-state index contributed by atoms with van der Waals surface area (Å²) in [5.41, 5.74) is -0.514. The van der Waals surface area contributed by atoms with Gasteiger partial charge in [-0.15, -0.1) is 11.8 Å². The normalized spacial score (nSPS) is 32.1. The highest BCUT2D eigenvalue weighted by Gasteiger charge is 2.49. The Morgan fingerprint density at radius 3 is 1.71 bits per heavy atom. The molecule has 120 valence electrons. The zero-order chi connectivity index (χ0) is 16.2. The van der Waals surface area contributed by atoms with E-state index in [1.807, 2.05) is 0 Å². The molecule has 0 spiro atoms. The summed E-state index contributed by atoms with van der Waals surface area (Å²) in [7, 11) is 0. The fraction of sp³-hybridized carbons (Fsp3) is 0.769. The standard InChI is InChI=1S/C13H20O7S/c1-6-10(18-7(2)14)11(19-8(3)15)12(20-9(4)16)13(17-6)21-5/h6,10-13H,1-5H3/t6?,10-,11?,12?,13-/m1/s1. The van der Waals surface area contributed by atoms with Crippen LogP contribution in [0.2, 0.25) is 0 Å². The molecular formula is C13H20O7S. The Hall–Kier alpha value is -1.28. The number of hydrogen-bond acceptors (Lipinski definition) is 8. The summed E-state index contributed by atoms with van der Waals surface area (Å²) in [4.78, 5) is 33.8. The average Bonchev–Trinajstić information content (AvgIpc) is 2.35. The van der Waals surface area contributed by atoms with E-state index in [9.17, 15) is 14.4 Å². The first-order chi connectivity index (χ1) is 9.76. The lowest BCUT2D eigenvalue weighted by molar-refractivity contribution is -0.228. The van der Waals surface area contributed by atoms with Gasteiger partial charge in [0.05, 0.1) is 6.10 Å². The van der Waals surface area contributed by atoms with Crippen LogP contribution in [0.5, 0.6) is 0 Å². The van der Waals surface area contributed by atoms with Gasteiger partial charge in [0, 0.05) is 20.8 Å². The lowest BCUT2D eigenvalue weighted by Gasteiger charge is -2.43. The lowest BCUT2D eigenvalue weighted by Crippen LogP contribution is -2.59. The van der Waals surface area contributed by atoms with Crippen LogP contribution in [0.25, 0.3) is 0 Å². The summed E-state index contributed by atoms with van der Waals surface area (Å²) < 4.78 is 21.3. The number of thioether (sulfide) groups is 1. The molecule has 0 aliphatic carbocycles. The second-order valence-corrected chi connectivity index (χ2v) is 5.60. The third-order valence-electron chi connectivity index (χ3n) is 2.87. The van der Waals surface area contributed by atoms with Gasteiger partial charge in [0.2, 0.25) is 0 Å². The number of ether oxygens (including phenoxy) is 4. The molecule has 1 aliphatic rings. The third-order valence-corrected chi connectivity index (χ3v) is 3.71. The first-order valence-electron chi connectivity index (χ1n) is 6.46. The molecule has 1 rings (SSSR count). The maximum Gasteiger partial charge on any atom is 0.303 e. The van der Waals surface area contributed by atoms with Gasteiger partial charge < -0.3 is 18.9 Å². The van der Waals surface area contributed by atoms with Crippen molar-refractivity contribution >= 4 is 29.7 Å². The fourth-order valence-electron chi connectivity index (χ4n) is 2.16. The van der Waals surface area contributed by atoms with E-state index >= 15 is 0 Å². The smallest absolute Gasteiger partial charge is 0.303 e. The minimum Gasteiger partial charge on any atom is -0.456 e. The number of hydrogen-bond donors (Lipinski definition) is 0. The van der Waals surface area contributed by atoms with Gasteiger partial charge in [-0.1, -0.05) is 0 Å².